The number of benzene rings is 1. The summed E-state index contributed by atoms with van der Waals surface area (Å²) in [5.41, 5.74) is 1.47. The molecule has 0 saturated heterocycles. The number of hydrogen-bond acceptors (Lipinski definition) is 4. The first-order valence-electron chi connectivity index (χ1n) is 5.88. The standard InChI is InChI=1S/C13H16N2O3S/c1-9-6-4-5-7-12(9)19(16,17)14-8-13-15-10(2)11(3)18-13/h4-7,14H,8H2,1-3H3. The Kier molecular flexibility index (Phi) is 3.73. The lowest BCUT2D eigenvalue weighted by atomic mass is 10.2. The molecule has 0 fully saturated rings. The fourth-order valence-electron chi connectivity index (χ4n) is 1.71. The molecule has 1 heterocycles. The lowest BCUT2D eigenvalue weighted by molar-refractivity contribution is 0.463. The van der Waals surface area contributed by atoms with Gasteiger partial charge in [0, 0.05) is 0 Å². The summed E-state index contributed by atoms with van der Waals surface area (Å²) in [5.74, 6) is 1.07. The van der Waals surface area contributed by atoms with E-state index >= 15 is 0 Å². The number of aryl methyl sites for hydroxylation is 3. The summed E-state index contributed by atoms with van der Waals surface area (Å²) in [6.07, 6.45) is 0. The quantitative estimate of drug-likeness (QED) is 0.930. The highest BCUT2D eigenvalue weighted by Gasteiger charge is 2.17. The average Bonchev–Trinajstić information content (AvgIpc) is 2.67. The second-order valence-electron chi connectivity index (χ2n) is 4.34. The van der Waals surface area contributed by atoms with Crippen LogP contribution in [0.1, 0.15) is 22.9 Å². The minimum Gasteiger partial charge on any atom is -0.444 e. The number of hydrogen-bond donors (Lipinski definition) is 1. The monoisotopic (exact) mass is 280 g/mol. The molecule has 0 aliphatic heterocycles. The first-order chi connectivity index (χ1) is 8.90. The Morgan fingerprint density at radius 1 is 1.21 bits per heavy atom. The van der Waals surface area contributed by atoms with Crippen LogP contribution in [-0.4, -0.2) is 13.4 Å². The fraction of sp³-hybridized carbons (Fsp3) is 0.308. The molecule has 0 radical (unpaired) electrons. The van der Waals surface area contributed by atoms with Crippen LogP contribution in [0.15, 0.2) is 33.6 Å². The average molecular weight is 280 g/mol. The molecular weight excluding hydrogens is 264 g/mol. The molecular formula is C13H16N2O3S. The van der Waals surface area contributed by atoms with Gasteiger partial charge in [-0.3, -0.25) is 0 Å². The predicted octanol–water partition coefficient (Wildman–Crippen LogP) is 2.08. The lowest BCUT2D eigenvalue weighted by Gasteiger charge is -2.07. The number of nitrogens with one attached hydrogen (secondary N) is 1. The fourth-order valence-corrected chi connectivity index (χ4v) is 2.93. The van der Waals surface area contributed by atoms with E-state index in [0.717, 1.165) is 5.69 Å². The maximum Gasteiger partial charge on any atom is 0.241 e. The minimum atomic E-state index is -3.54. The van der Waals surface area contributed by atoms with Crippen molar-refractivity contribution in [2.45, 2.75) is 32.2 Å². The summed E-state index contributed by atoms with van der Waals surface area (Å²) in [6.45, 7) is 5.42. The van der Waals surface area contributed by atoms with Gasteiger partial charge in [-0.25, -0.2) is 18.1 Å². The van der Waals surface area contributed by atoms with Crippen molar-refractivity contribution in [2.75, 3.05) is 0 Å². The van der Waals surface area contributed by atoms with Crippen LogP contribution in [0, 0.1) is 20.8 Å². The Morgan fingerprint density at radius 3 is 2.47 bits per heavy atom. The third-order valence-corrected chi connectivity index (χ3v) is 4.43. The second-order valence-corrected chi connectivity index (χ2v) is 6.07. The molecule has 0 aliphatic carbocycles. The van der Waals surface area contributed by atoms with E-state index in [9.17, 15) is 8.42 Å². The maximum absolute atomic E-state index is 12.1. The molecule has 1 aromatic carbocycles. The zero-order chi connectivity index (χ0) is 14.0. The van der Waals surface area contributed by atoms with Crippen LogP contribution in [0.3, 0.4) is 0 Å². The van der Waals surface area contributed by atoms with Gasteiger partial charge in [-0.2, -0.15) is 0 Å². The van der Waals surface area contributed by atoms with Gasteiger partial charge in [0.2, 0.25) is 15.9 Å². The summed E-state index contributed by atoms with van der Waals surface area (Å²) in [7, 11) is -3.54. The van der Waals surface area contributed by atoms with Crippen LogP contribution in [-0.2, 0) is 16.6 Å². The highest BCUT2D eigenvalue weighted by molar-refractivity contribution is 7.89. The molecule has 1 aromatic heterocycles. The van der Waals surface area contributed by atoms with Crippen LogP contribution in [0.5, 0.6) is 0 Å². The molecule has 19 heavy (non-hydrogen) atoms. The minimum absolute atomic E-state index is 0.0470. The highest BCUT2D eigenvalue weighted by atomic mass is 32.2. The van der Waals surface area contributed by atoms with Crippen molar-refractivity contribution in [3.63, 3.8) is 0 Å². The molecule has 5 nitrogen and oxygen atoms in total. The van der Waals surface area contributed by atoms with Gasteiger partial charge in [-0.1, -0.05) is 18.2 Å². The molecule has 0 amide bonds. The first-order valence-corrected chi connectivity index (χ1v) is 7.36. The molecule has 2 rings (SSSR count). The first kappa shape index (κ1) is 13.8. The van der Waals surface area contributed by atoms with Gasteiger partial charge in [0.15, 0.2) is 0 Å². The number of sulfonamides is 1. The van der Waals surface area contributed by atoms with Crippen molar-refractivity contribution in [3.05, 3.63) is 47.2 Å². The Morgan fingerprint density at radius 2 is 1.89 bits per heavy atom. The number of rotatable bonds is 4. The predicted molar refractivity (Wildman–Crippen MR) is 71.2 cm³/mol. The molecule has 6 heteroatoms. The third-order valence-electron chi connectivity index (χ3n) is 2.87. The van der Waals surface area contributed by atoms with Gasteiger partial charge in [0.05, 0.1) is 17.1 Å². The van der Waals surface area contributed by atoms with Crippen LogP contribution in [0.4, 0.5) is 0 Å². The van der Waals surface area contributed by atoms with Crippen LogP contribution in [0.25, 0.3) is 0 Å². The molecule has 2 aromatic rings. The summed E-state index contributed by atoms with van der Waals surface area (Å²) in [6, 6.07) is 6.83. The van der Waals surface area contributed by atoms with Gasteiger partial charge in [-0.05, 0) is 32.4 Å². The largest absolute Gasteiger partial charge is 0.444 e. The smallest absolute Gasteiger partial charge is 0.241 e. The molecule has 0 spiro atoms. The Bertz CT molecular complexity index is 670. The van der Waals surface area contributed by atoms with Crippen LogP contribution < -0.4 is 4.72 Å². The van der Waals surface area contributed by atoms with Crippen molar-refractivity contribution in [3.8, 4) is 0 Å². The van der Waals surface area contributed by atoms with E-state index in [0.29, 0.717) is 17.2 Å². The summed E-state index contributed by atoms with van der Waals surface area (Å²) < 4.78 is 32.1. The molecule has 0 bridgehead atoms. The Balaban J connectivity index is 2.17. The highest BCUT2D eigenvalue weighted by Crippen LogP contribution is 2.15. The van der Waals surface area contributed by atoms with Crippen molar-refractivity contribution < 1.29 is 12.8 Å². The molecule has 0 unspecified atom stereocenters. The summed E-state index contributed by atoms with van der Waals surface area (Å²) in [4.78, 5) is 4.41. The SMILES string of the molecule is Cc1ccccc1S(=O)(=O)NCc1nc(C)c(C)o1. The van der Waals surface area contributed by atoms with Crippen molar-refractivity contribution in [1.82, 2.24) is 9.71 Å². The topological polar surface area (TPSA) is 72.2 Å². The van der Waals surface area contributed by atoms with Crippen molar-refractivity contribution >= 4 is 10.0 Å². The zero-order valence-electron chi connectivity index (χ0n) is 11.1. The van der Waals surface area contributed by atoms with Gasteiger partial charge < -0.3 is 4.42 Å². The Hall–Kier alpha value is -1.66. The summed E-state index contributed by atoms with van der Waals surface area (Å²) >= 11 is 0. The second kappa shape index (κ2) is 5.14. The van der Waals surface area contributed by atoms with E-state index in [1.54, 1.807) is 38.1 Å². The molecule has 0 aliphatic rings. The van der Waals surface area contributed by atoms with Gasteiger partial charge in [-0.15, -0.1) is 0 Å². The van der Waals surface area contributed by atoms with Crippen molar-refractivity contribution in [2.24, 2.45) is 0 Å². The third kappa shape index (κ3) is 3.02. The number of nitrogens with zero attached hydrogens (tertiary/aromatic N) is 1. The Labute approximate surface area is 112 Å². The van der Waals surface area contributed by atoms with E-state index in [4.69, 9.17) is 4.42 Å². The molecule has 102 valence electrons. The van der Waals surface area contributed by atoms with Gasteiger partial charge in [0.1, 0.15) is 5.76 Å². The molecule has 1 N–H and O–H groups in total. The summed E-state index contributed by atoms with van der Waals surface area (Å²) in [5, 5.41) is 0. The van der Waals surface area contributed by atoms with E-state index in [1.165, 1.54) is 0 Å². The van der Waals surface area contributed by atoms with E-state index in [2.05, 4.69) is 9.71 Å². The lowest BCUT2D eigenvalue weighted by Crippen LogP contribution is -2.24. The van der Waals surface area contributed by atoms with E-state index in [1.807, 2.05) is 6.92 Å². The van der Waals surface area contributed by atoms with Crippen LogP contribution in [0.2, 0.25) is 0 Å². The number of oxazole rings is 1. The van der Waals surface area contributed by atoms with Gasteiger partial charge in [0.25, 0.3) is 0 Å². The number of aromatic nitrogens is 1. The molecule has 0 atom stereocenters. The van der Waals surface area contributed by atoms with Crippen molar-refractivity contribution in [1.29, 1.82) is 0 Å². The maximum atomic E-state index is 12.1. The van der Waals surface area contributed by atoms with E-state index in [-0.39, 0.29) is 11.4 Å². The molecule has 0 saturated carbocycles. The normalized spacial score (nSPS) is 11.7. The van der Waals surface area contributed by atoms with E-state index < -0.39 is 10.0 Å². The zero-order valence-corrected chi connectivity index (χ0v) is 11.9. The van der Waals surface area contributed by atoms with Gasteiger partial charge >= 0.3 is 0 Å². The van der Waals surface area contributed by atoms with Crippen LogP contribution >= 0.6 is 0 Å².